The number of benzene rings is 1. The van der Waals surface area contributed by atoms with Crippen molar-refractivity contribution in [3.63, 3.8) is 0 Å². The van der Waals surface area contributed by atoms with Gasteiger partial charge in [-0.3, -0.25) is 14.6 Å². The number of hydrogen-bond donors (Lipinski definition) is 4. The monoisotopic (exact) mass is 481 g/mol. The SMILES string of the molecule is C[SiH2][C@H](NC(=O)c1ccccn1)C(=O)NCc1ccc(CNCCCNC2CCCCC2)cc1. The largest absolute Gasteiger partial charge is 0.351 e. The summed E-state index contributed by atoms with van der Waals surface area (Å²) in [6.07, 6.45) is 9.53. The van der Waals surface area contributed by atoms with Crippen LogP contribution in [0.15, 0.2) is 48.7 Å². The summed E-state index contributed by atoms with van der Waals surface area (Å²) in [6.45, 7) is 5.39. The summed E-state index contributed by atoms with van der Waals surface area (Å²) in [4.78, 5) is 28.9. The van der Waals surface area contributed by atoms with Gasteiger partial charge in [-0.1, -0.05) is 56.1 Å². The molecule has 34 heavy (non-hydrogen) atoms. The lowest BCUT2D eigenvalue weighted by atomic mass is 9.95. The van der Waals surface area contributed by atoms with Crippen LogP contribution < -0.4 is 21.3 Å². The predicted octanol–water partition coefficient (Wildman–Crippen LogP) is 2.07. The Kier molecular flexibility index (Phi) is 11.2. The second kappa shape index (κ2) is 14.7. The summed E-state index contributed by atoms with van der Waals surface area (Å²) < 4.78 is 0. The fourth-order valence-electron chi connectivity index (χ4n) is 4.23. The van der Waals surface area contributed by atoms with Crippen molar-refractivity contribution in [3.05, 3.63) is 65.5 Å². The molecule has 0 bridgehead atoms. The number of nitrogens with zero attached hydrogens (tertiary/aromatic N) is 1. The lowest BCUT2D eigenvalue weighted by Crippen LogP contribution is -2.49. The third kappa shape index (κ3) is 9.00. The summed E-state index contributed by atoms with van der Waals surface area (Å²) in [5.41, 5.74) is 2.15. The van der Waals surface area contributed by atoms with Crippen molar-refractivity contribution in [2.75, 3.05) is 13.1 Å². The highest BCUT2D eigenvalue weighted by Gasteiger charge is 2.20. The van der Waals surface area contributed by atoms with E-state index in [0.29, 0.717) is 12.2 Å². The number of amides is 2. The minimum atomic E-state index is -0.781. The van der Waals surface area contributed by atoms with Crippen molar-refractivity contribution < 1.29 is 9.59 Å². The van der Waals surface area contributed by atoms with E-state index in [9.17, 15) is 9.59 Å². The van der Waals surface area contributed by atoms with Crippen molar-refractivity contribution >= 4 is 21.3 Å². The molecule has 0 saturated heterocycles. The molecule has 1 aliphatic rings. The van der Waals surface area contributed by atoms with Crippen molar-refractivity contribution in [3.8, 4) is 0 Å². The van der Waals surface area contributed by atoms with Crippen LogP contribution in [0, 0.1) is 0 Å². The molecule has 1 saturated carbocycles. The molecule has 7 nitrogen and oxygen atoms in total. The highest BCUT2D eigenvalue weighted by Crippen LogP contribution is 2.17. The van der Waals surface area contributed by atoms with Gasteiger partial charge >= 0.3 is 0 Å². The van der Waals surface area contributed by atoms with Gasteiger partial charge in [0, 0.05) is 25.3 Å². The molecule has 0 spiro atoms. The van der Waals surface area contributed by atoms with Crippen molar-refractivity contribution in [1.29, 1.82) is 0 Å². The highest BCUT2D eigenvalue weighted by atomic mass is 28.2. The van der Waals surface area contributed by atoms with E-state index < -0.39 is 15.2 Å². The first kappa shape index (κ1) is 26.1. The van der Waals surface area contributed by atoms with Crippen LogP contribution >= 0.6 is 0 Å². The molecule has 3 rings (SSSR count). The summed E-state index contributed by atoms with van der Waals surface area (Å²) in [5, 5.41) is 13.0. The van der Waals surface area contributed by atoms with E-state index in [1.54, 1.807) is 24.4 Å². The van der Waals surface area contributed by atoms with Crippen molar-refractivity contribution in [1.82, 2.24) is 26.3 Å². The molecule has 1 atom stereocenters. The lowest BCUT2D eigenvalue weighted by Gasteiger charge is -2.22. The molecular weight excluding hydrogens is 442 g/mol. The standard InChI is InChI=1S/C26H39N5O2Si/c1-34-26(31-24(32)23-10-5-6-16-29-23)25(33)30-19-21-13-11-20(12-14-21)18-27-15-7-17-28-22-8-3-2-4-9-22/h5-6,10-14,16,22,26-28H,2-4,7-9,15,17-19,34H2,1H3,(H,30,33)(H,31,32)/t26-/m0/s1. The second-order valence-electron chi connectivity index (χ2n) is 9.00. The molecule has 1 aromatic heterocycles. The summed E-state index contributed by atoms with van der Waals surface area (Å²) >= 11 is 0. The first-order chi connectivity index (χ1) is 16.7. The Morgan fingerprint density at radius 3 is 2.41 bits per heavy atom. The average molecular weight is 482 g/mol. The molecule has 1 aromatic carbocycles. The third-order valence-electron chi connectivity index (χ3n) is 6.31. The molecule has 1 aliphatic carbocycles. The van der Waals surface area contributed by atoms with Crippen LogP contribution in [0.2, 0.25) is 6.55 Å². The van der Waals surface area contributed by atoms with E-state index in [0.717, 1.165) is 37.7 Å². The maximum Gasteiger partial charge on any atom is 0.270 e. The first-order valence-corrected chi connectivity index (χ1v) is 14.9. The van der Waals surface area contributed by atoms with Crippen molar-refractivity contribution in [2.24, 2.45) is 0 Å². The van der Waals surface area contributed by atoms with Gasteiger partial charge in [-0.2, -0.15) is 0 Å². The number of carbonyl (C=O) groups excluding carboxylic acids is 2. The molecular formula is C26H39N5O2Si. The number of aromatic nitrogens is 1. The molecule has 4 N–H and O–H groups in total. The van der Waals surface area contributed by atoms with Gasteiger partial charge in [0.1, 0.15) is 5.69 Å². The second-order valence-corrected chi connectivity index (χ2v) is 10.6. The van der Waals surface area contributed by atoms with E-state index >= 15 is 0 Å². The number of pyridine rings is 1. The van der Waals surface area contributed by atoms with Crippen LogP contribution in [0.4, 0.5) is 0 Å². The molecule has 0 radical (unpaired) electrons. The average Bonchev–Trinajstić information content (AvgIpc) is 2.89. The minimum Gasteiger partial charge on any atom is -0.351 e. The molecule has 1 heterocycles. The summed E-state index contributed by atoms with van der Waals surface area (Å²) in [6, 6.07) is 14.2. The zero-order valence-electron chi connectivity index (χ0n) is 20.3. The topological polar surface area (TPSA) is 95.2 Å². The maximum absolute atomic E-state index is 12.6. The zero-order valence-corrected chi connectivity index (χ0v) is 21.7. The van der Waals surface area contributed by atoms with Crippen LogP contribution in [0.1, 0.15) is 60.1 Å². The summed E-state index contributed by atoms with van der Waals surface area (Å²) in [7, 11) is -0.781. The van der Waals surface area contributed by atoms with E-state index in [2.05, 4.69) is 38.4 Å². The zero-order chi connectivity index (χ0) is 24.0. The van der Waals surface area contributed by atoms with E-state index in [1.165, 1.54) is 37.7 Å². The lowest BCUT2D eigenvalue weighted by molar-refractivity contribution is -0.121. The minimum absolute atomic E-state index is 0.133. The first-order valence-electron chi connectivity index (χ1n) is 12.7. The van der Waals surface area contributed by atoms with Crippen LogP contribution in [0.3, 0.4) is 0 Å². The molecule has 0 aliphatic heterocycles. The molecule has 1 fully saturated rings. The van der Waals surface area contributed by atoms with Gasteiger partial charge in [0.2, 0.25) is 5.91 Å². The Balaban J connectivity index is 1.31. The van der Waals surface area contributed by atoms with E-state index in [-0.39, 0.29) is 11.8 Å². The van der Waals surface area contributed by atoms with E-state index in [1.807, 2.05) is 18.7 Å². The van der Waals surface area contributed by atoms with Crippen LogP contribution in [-0.2, 0) is 17.9 Å². The van der Waals surface area contributed by atoms with E-state index in [4.69, 9.17) is 0 Å². The molecule has 2 amide bonds. The Morgan fingerprint density at radius 1 is 1.00 bits per heavy atom. The smallest absolute Gasteiger partial charge is 0.270 e. The fourth-order valence-corrected chi connectivity index (χ4v) is 5.13. The Hall–Kier alpha value is -2.55. The third-order valence-corrected chi connectivity index (χ3v) is 7.71. The quantitative estimate of drug-likeness (QED) is 0.260. The van der Waals surface area contributed by atoms with Crippen LogP contribution in [0.25, 0.3) is 0 Å². The molecule has 2 aromatic rings. The fraction of sp³-hybridized carbons (Fsp3) is 0.500. The van der Waals surface area contributed by atoms with Gasteiger partial charge in [0.05, 0.1) is 15.2 Å². The molecule has 184 valence electrons. The normalized spacial score (nSPS) is 15.3. The Morgan fingerprint density at radius 2 is 1.74 bits per heavy atom. The van der Waals surface area contributed by atoms with Crippen LogP contribution in [0.5, 0.6) is 0 Å². The molecule has 0 unspecified atom stereocenters. The van der Waals surface area contributed by atoms with Gasteiger partial charge in [-0.05, 0) is 55.6 Å². The van der Waals surface area contributed by atoms with Gasteiger partial charge in [0.15, 0.2) is 0 Å². The van der Waals surface area contributed by atoms with Crippen LogP contribution in [-0.4, -0.2) is 51.1 Å². The maximum atomic E-state index is 12.6. The van der Waals surface area contributed by atoms with Gasteiger partial charge in [-0.15, -0.1) is 0 Å². The number of carbonyl (C=O) groups is 2. The molecule has 8 heteroatoms. The summed E-state index contributed by atoms with van der Waals surface area (Å²) in [5.74, 6) is -0.442. The number of hydrogen-bond acceptors (Lipinski definition) is 5. The van der Waals surface area contributed by atoms with Gasteiger partial charge in [0.25, 0.3) is 5.91 Å². The van der Waals surface area contributed by atoms with Gasteiger partial charge < -0.3 is 21.3 Å². The number of nitrogens with one attached hydrogen (secondary N) is 4. The van der Waals surface area contributed by atoms with Crippen molar-refractivity contribution in [2.45, 2.75) is 69.9 Å². The number of rotatable bonds is 13. The van der Waals surface area contributed by atoms with Gasteiger partial charge in [-0.25, -0.2) is 0 Å². The Labute approximate surface area is 205 Å². The Bertz CT molecular complexity index is 873. The highest BCUT2D eigenvalue weighted by molar-refractivity contribution is 6.43. The predicted molar refractivity (Wildman–Crippen MR) is 139 cm³/mol.